The molecule has 2 aromatic carbocycles. The van der Waals surface area contributed by atoms with Gasteiger partial charge in [-0.15, -0.1) is 0 Å². The average Bonchev–Trinajstić information content (AvgIpc) is 2.65. The van der Waals surface area contributed by atoms with Gasteiger partial charge in [-0.1, -0.05) is 12.1 Å². The number of nitrogens with one attached hydrogen (secondary N) is 3. The van der Waals surface area contributed by atoms with Crippen molar-refractivity contribution in [1.82, 2.24) is 10.6 Å². The summed E-state index contributed by atoms with van der Waals surface area (Å²) in [7, 11) is 0. The molecule has 0 saturated carbocycles. The van der Waals surface area contributed by atoms with Gasteiger partial charge in [0.2, 0.25) is 5.91 Å². The summed E-state index contributed by atoms with van der Waals surface area (Å²) in [6.07, 6.45) is -4.46. The molecule has 2 rings (SSSR count). The van der Waals surface area contributed by atoms with Gasteiger partial charge in [-0.3, -0.25) is 9.59 Å². The molecule has 2 aromatic rings. The standard InChI is InChI=1S/C19H19F4N3O2/c1-12-5-6-13(9-16(12)20)18(28)25-8-7-24-17(27)11-26-15-4-2-3-14(10-15)19(21,22)23/h2-6,9-10,26H,7-8,11H2,1H3,(H,24,27)(H,25,28). The summed E-state index contributed by atoms with van der Waals surface area (Å²) in [6.45, 7) is 1.59. The Morgan fingerprint density at radius 2 is 1.71 bits per heavy atom. The number of amides is 2. The summed E-state index contributed by atoms with van der Waals surface area (Å²) >= 11 is 0. The summed E-state index contributed by atoms with van der Waals surface area (Å²) < 4.78 is 51.4. The molecule has 0 bridgehead atoms. The van der Waals surface area contributed by atoms with Crippen LogP contribution in [0, 0.1) is 12.7 Å². The quantitative estimate of drug-likeness (QED) is 0.497. The number of aryl methyl sites for hydroxylation is 1. The minimum Gasteiger partial charge on any atom is -0.376 e. The van der Waals surface area contributed by atoms with E-state index in [1.807, 2.05) is 0 Å². The summed E-state index contributed by atoms with van der Waals surface area (Å²) in [5.41, 5.74) is -0.0504. The van der Waals surface area contributed by atoms with Crippen LogP contribution in [-0.2, 0) is 11.0 Å². The van der Waals surface area contributed by atoms with E-state index in [1.54, 1.807) is 6.92 Å². The number of carbonyl (C=O) groups excluding carboxylic acids is 2. The van der Waals surface area contributed by atoms with Gasteiger partial charge in [-0.25, -0.2) is 4.39 Å². The Balaban J connectivity index is 1.71. The Bertz CT molecular complexity index is 853. The number of rotatable bonds is 7. The van der Waals surface area contributed by atoms with Crippen molar-refractivity contribution in [1.29, 1.82) is 0 Å². The van der Waals surface area contributed by atoms with E-state index in [0.717, 1.165) is 18.2 Å². The van der Waals surface area contributed by atoms with Gasteiger partial charge in [0, 0.05) is 24.3 Å². The number of hydrogen-bond donors (Lipinski definition) is 3. The zero-order valence-electron chi connectivity index (χ0n) is 15.0. The smallest absolute Gasteiger partial charge is 0.376 e. The number of alkyl halides is 3. The van der Waals surface area contributed by atoms with E-state index in [-0.39, 0.29) is 30.9 Å². The highest BCUT2D eigenvalue weighted by molar-refractivity contribution is 5.94. The zero-order valence-corrected chi connectivity index (χ0v) is 15.0. The van der Waals surface area contributed by atoms with Crippen LogP contribution in [0.5, 0.6) is 0 Å². The summed E-state index contributed by atoms with van der Waals surface area (Å²) in [6, 6.07) is 8.62. The van der Waals surface area contributed by atoms with Crippen LogP contribution < -0.4 is 16.0 Å². The van der Waals surface area contributed by atoms with E-state index in [0.29, 0.717) is 5.56 Å². The first-order valence-electron chi connectivity index (χ1n) is 8.39. The van der Waals surface area contributed by atoms with Gasteiger partial charge in [-0.05, 0) is 42.8 Å². The molecule has 0 aliphatic rings. The first-order chi connectivity index (χ1) is 13.2. The number of halogens is 4. The second-order valence-corrected chi connectivity index (χ2v) is 6.00. The van der Waals surface area contributed by atoms with Crippen LogP contribution in [0.1, 0.15) is 21.5 Å². The first kappa shape index (κ1) is 21.2. The molecule has 150 valence electrons. The molecule has 28 heavy (non-hydrogen) atoms. The molecule has 0 heterocycles. The van der Waals surface area contributed by atoms with Crippen molar-refractivity contribution in [2.45, 2.75) is 13.1 Å². The third kappa shape index (κ3) is 6.26. The molecule has 0 aliphatic carbocycles. The van der Waals surface area contributed by atoms with Gasteiger partial charge in [0.1, 0.15) is 5.82 Å². The fourth-order valence-electron chi connectivity index (χ4n) is 2.26. The Morgan fingerprint density at radius 3 is 2.39 bits per heavy atom. The van der Waals surface area contributed by atoms with Crippen LogP contribution in [0.2, 0.25) is 0 Å². The predicted molar refractivity (Wildman–Crippen MR) is 96.4 cm³/mol. The second kappa shape index (κ2) is 9.20. The van der Waals surface area contributed by atoms with Crippen LogP contribution in [0.25, 0.3) is 0 Å². The van der Waals surface area contributed by atoms with E-state index in [2.05, 4.69) is 16.0 Å². The van der Waals surface area contributed by atoms with E-state index in [1.165, 1.54) is 24.3 Å². The second-order valence-electron chi connectivity index (χ2n) is 6.00. The molecule has 0 aromatic heterocycles. The lowest BCUT2D eigenvalue weighted by molar-refractivity contribution is -0.137. The van der Waals surface area contributed by atoms with Gasteiger partial charge in [-0.2, -0.15) is 13.2 Å². The van der Waals surface area contributed by atoms with Crippen molar-refractivity contribution in [2.24, 2.45) is 0 Å². The van der Waals surface area contributed by atoms with E-state index in [9.17, 15) is 27.2 Å². The molecule has 0 saturated heterocycles. The van der Waals surface area contributed by atoms with Crippen molar-refractivity contribution in [2.75, 3.05) is 25.0 Å². The monoisotopic (exact) mass is 397 g/mol. The average molecular weight is 397 g/mol. The van der Waals surface area contributed by atoms with Crippen molar-refractivity contribution < 1.29 is 27.2 Å². The van der Waals surface area contributed by atoms with Crippen molar-refractivity contribution in [3.05, 3.63) is 65.0 Å². The molecule has 9 heteroatoms. The topological polar surface area (TPSA) is 70.2 Å². The van der Waals surface area contributed by atoms with Gasteiger partial charge >= 0.3 is 6.18 Å². The highest BCUT2D eigenvalue weighted by atomic mass is 19.4. The zero-order chi connectivity index (χ0) is 20.7. The number of carbonyl (C=O) groups is 2. The molecule has 0 fully saturated rings. The number of benzene rings is 2. The first-order valence-corrected chi connectivity index (χ1v) is 8.39. The maximum absolute atomic E-state index is 13.4. The van der Waals surface area contributed by atoms with Crippen LogP contribution >= 0.6 is 0 Å². The lowest BCUT2D eigenvalue weighted by atomic mass is 10.1. The minimum absolute atomic E-state index is 0.114. The molecule has 0 atom stereocenters. The van der Waals surface area contributed by atoms with E-state index < -0.39 is 29.4 Å². The van der Waals surface area contributed by atoms with E-state index in [4.69, 9.17) is 0 Å². The molecule has 5 nitrogen and oxygen atoms in total. The molecule has 0 radical (unpaired) electrons. The Morgan fingerprint density at radius 1 is 1.00 bits per heavy atom. The minimum atomic E-state index is -4.46. The Kier molecular flexibility index (Phi) is 6.97. The third-order valence-electron chi connectivity index (χ3n) is 3.81. The highest BCUT2D eigenvalue weighted by Crippen LogP contribution is 2.30. The number of anilines is 1. The molecular weight excluding hydrogens is 378 g/mol. The molecular formula is C19H19F4N3O2. The fourth-order valence-corrected chi connectivity index (χ4v) is 2.26. The van der Waals surface area contributed by atoms with Gasteiger partial charge in [0.05, 0.1) is 12.1 Å². The Hall–Kier alpha value is -3.10. The normalized spacial score (nSPS) is 11.0. The van der Waals surface area contributed by atoms with Crippen LogP contribution in [0.15, 0.2) is 42.5 Å². The van der Waals surface area contributed by atoms with Crippen LogP contribution in [-0.4, -0.2) is 31.4 Å². The summed E-state index contributed by atoms with van der Waals surface area (Å²) in [5.74, 6) is -1.41. The molecule has 0 aliphatic heterocycles. The van der Waals surface area contributed by atoms with Gasteiger partial charge < -0.3 is 16.0 Å². The van der Waals surface area contributed by atoms with Crippen LogP contribution in [0.3, 0.4) is 0 Å². The van der Waals surface area contributed by atoms with Gasteiger partial charge in [0.25, 0.3) is 5.91 Å². The van der Waals surface area contributed by atoms with Crippen molar-refractivity contribution in [3.63, 3.8) is 0 Å². The summed E-state index contributed by atoms with van der Waals surface area (Å²) in [5, 5.41) is 7.65. The maximum atomic E-state index is 13.4. The maximum Gasteiger partial charge on any atom is 0.416 e. The number of hydrogen-bond acceptors (Lipinski definition) is 3. The molecule has 0 spiro atoms. The van der Waals surface area contributed by atoms with Gasteiger partial charge in [0.15, 0.2) is 0 Å². The predicted octanol–water partition coefficient (Wildman–Crippen LogP) is 3.11. The molecule has 3 N–H and O–H groups in total. The molecule has 2 amide bonds. The van der Waals surface area contributed by atoms with Crippen LogP contribution in [0.4, 0.5) is 23.2 Å². The summed E-state index contributed by atoms with van der Waals surface area (Å²) in [4.78, 5) is 23.6. The lowest BCUT2D eigenvalue weighted by Gasteiger charge is -2.11. The van der Waals surface area contributed by atoms with E-state index >= 15 is 0 Å². The van der Waals surface area contributed by atoms with Crippen molar-refractivity contribution in [3.8, 4) is 0 Å². The fraction of sp³-hybridized carbons (Fsp3) is 0.263. The Labute approximate surface area is 159 Å². The highest BCUT2D eigenvalue weighted by Gasteiger charge is 2.30. The lowest BCUT2D eigenvalue weighted by Crippen LogP contribution is -2.37. The largest absolute Gasteiger partial charge is 0.416 e. The third-order valence-corrected chi connectivity index (χ3v) is 3.81. The van der Waals surface area contributed by atoms with Crippen molar-refractivity contribution >= 4 is 17.5 Å². The SMILES string of the molecule is Cc1ccc(C(=O)NCCNC(=O)CNc2cccc(C(F)(F)F)c2)cc1F. The molecule has 0 unspecified atom stereocenters.